The van der Waals surface area contributed by atoms with Crippen LogP contribution in [-0.2, 0) is 6.54 Å². The molecule has 4 heteroatoms. The summed E-state index contributed by atoms with van der Waals surface area (Å²) in [5.41, 5.74) is 2.84. The molecular formula is C16H17N3O. The Labute approximate surface area is 117 Å². The summed E-state index contributed by atoms with van der Waals surface area (Å²) < 4.78 is 2.12. The van der Waals surface area contributed by atoms with Crippen molar-refractivity contribution in [2.75, 3.05) is 0 Å². The summed E-state index contributed by atoms with van der Waals surface area (Å²) >= 11 is 0. The Morgan fingerprint density at radius 3 is 2.80 bits per heavy atom. The van der Waals surface area contributed by atoms with Crippen LogP contribution in [0.2, 0.25) is 0 Å². The molecule has 0 aliphatic heterocycles. The molecule has 0 spiro atoms. The Morgan fingerprint density at radius 1 is 1.20 bits per heavy atom. The first kappa shape index (κ1) is 12.7. The second-order valence-corrected chi connectivity index (χ2v) is 5.23. The number of phenolic OH excluding ortho intramolecular Hbond substituents is 1. The zero-order valence-corrected chi connectivity index (χ0v) is 11.6. The number of hydrogen-bond acceptors (Lipinski definition) is 3. The van der Waals surface area contributed by atoms with Gasteiger partial charge in [0.25, 0.3) is 0 Å². The third-order valence-electron chi connectivity index (χ3n) is 3.30. The molecule has 20 heavy (non-hydrogen) atoms. The van der Waals surface area contributed by atoms with E-state index in [0.717, 1.165) is 22.6 Å². The SMILES string of the molecule is CC(C)c1nc2cccnc2n1Cc1cccc(O)c1. The van der Waals surface area contributed by atoms with Crippen LogP contribution in [0.15, 0.2) is 42.6 Å². The fourth-order valence-electron chi connectivity index (χ4n) is 2.41. The van der Waals surface area contributed by atoms with Crippen LogP contribution in [-0.4, -0.2) is 19.6 Å². The molecule has 2 aromatic heterocycles. The monoisotopic (exact) mass is 267 g/mol. The van der Waals surface area contributed by atoms with E-state index >= 15 is 0 Å². The van der Waals surface area contributed by atoms with E-state index in [1.807, 2.05) is 24.3 Å². The van der Waals surface area contributed by atoms with E-state index in [0.29, 0.717) is 12.5 Å². The fraction of sp³-hybridized carbons (Fsp3) is 0.250. The zero-order valence-electron chi connectivity index (χ0n) is 11.6. The van der Waals surface area contributed by atoms with Crippen LogP contribution in [0.5, 0.6) is 5.75 Å². The molecule has 0 aliphatic rings. The number of rotatable bonds is 3. The van der Waals surface area contributed by atoms with Gasteiger partial charge in [0.05, 0.1) is 6.54 Å². The predicted molar refractivity (Wildman–Crippen MR) is 78.8 cm³/mol. The Hall–Kier alpha value is -2.36. The molecule has 0 fully saturated rings. The lowest BCUT2D eigenvalue weighted by Crippen LogP contribution is -2.07. The molecule has 0 bridgehead atoms. The van der Waals surface area contributed by atoms with Crippen molar-refractivity contribution in [3.8, 4) is 5.75 Å². The summed E-state index contributed by atoms with van der Waals surface area (Å²) in [6.45, 7) is 4.91. The van der Waals surface area contributed by atoms with Crippen molar-refractivity contribution in [2.24, 2.45) is 0 Å². The Kier molecular flexibility index (Phi) is 3.14. The molecule has 0 saturated heterocycles. The molecule has 1 N–H and O–H groups in total. The van der Waals surface area contributed by atoms with Crippen molar-refractivity contribution in [1.82, 2.24) is 14.5 Å². The van der Waals surface area contributed by atoms with Crippen molar-refractivity contribution >= 4 is 11.2 Å². The van der Waals surface area contributed by atoms with E-state index in [1.165, 1.54) is 0 Å². The minimum atomic E-state index is 0.283. The highest BCUT2D eigenvalue weighted by atomic mass is 16.3. The molecule has 3 rings (SSSR count). The van der Waals surface area contributed by atoms with Crippen molar-refractivity contribution in [1.29, 1.82) is 0 Å². The topological polar surface area (TPSA) is 50.9 Å². The van der Waals surface area contributed by atoms with Gasteiger partial charge in [0.15, 0.2) is 5.65 Å². The number of benzene rings is 1. The molecule has 2 heterocycles. The number of hydrogen-bond donors (Lipinski definition) is 1. The van der Waals surface area contributed by atoms with Crippen LogP contribution in [0, 0.1) is 0 Å². The molecule has 102 valence electrons. The minimum absolute atomic E-state index is 0.283. The zero-order chi connectivity index (χ0) is 14.1. The maximum Gasteiger partial charge on any atom is 0.160 e. The highest BCUT2D eigenvalue weighted by Gasteiger charge is 2.14. The van der Waals surface area contributed by atoms with E-state index in [2.05, 4.69) is 28.4 Å². The molecule has 0 aliphatic carbocycles. The summed E-state index contributed by atoms with van der Waals surface area (Å²) in [6, 6.07) is 11.2. The van der Waals surface area contributed by atoms with Crippen LogP contribution < -0.4 is 0 Å². The largest absolute Gasteiger partial charge is 0.508 e. The average Bonchev–Trinajstić information content (AvgIpc) is 2.78. The minimum Gasteiger partial charge on any atom is -0.508 e. The molecular weight excluding hydrogens is 250 g/mol. The predicted octanol–water partition coefficient (Wildman–Crippen LogP) is 3.31. The van der Waals surface area contributed by atoms with Crippen LogP contribution in [0.3, 0.4) is 0 Å². The van der Waals surface area contributed by atoms with Crippen LogP contribution in [0.4, 0.5) is 0 Å². The third kappa shape index (κ3) is 2.25. The Bertz CT molecular complexity index is 746. The van der Waals surface area contributed by atoms with Gasteiger partial charge in [0.2, 0.25) is 0 Å². The number of nitrogens with zero attached hydrogens (tertiary/aromatic N) is 3. The molecule has 0 amide bonds. The number of aromatic nitrogens is 3. The second kappa shape index (κ2) is 4.96. The Balaban J connectivity index is 2.11. The number of aromatic hydroxyl groups is 1. The first-order chi connectivity index (χ1) is 9.65. The number of fused-ring (bicyclic) bond motifs is 1. The van der Waals surface area contributed by atoms with E-state index in [-0.39, 0.29) is 5.75 Å². The lowest BCUT2D eigenvalue weighted by atomic mass is 10.2. The van der Waals surface area contributed by atoms with E-state index in [4.69, 9.17) is 0 Å². The van der Waals surface area contributed by atoms with Gasteiger partial charge in [0, 0.05) is 12.1 Å². The van der Waals surface area contributed by atoms with Crippen molar-refractivity contribution in [3.05, 3.63) is 54.0 Å². The Morgan fingerprint density at radius 2 is 2.05 bits per heavy atom. The first-order valence-corrected chi connectivity index (χ1v) is 6.74. The van der Waals surface area contributed by atoms with Crippen molar-refractivity contribution in [3.63, 3.8) is 0 Å². The van der Waals surface area contributed by atoms with E-state index in [1.54, 1.807) is 18.3 Å². The summed E-state index contributed by atoms with van der Waals surface area (Å²) in [7, 11) is 0. The quantitative estimate of drug-likeness (QED) is 0.792. The van der Waals surface area contributed by atoms with Crippen LogP contribution in [0.1, 0.15) is 31.2 Å². The van der Waals surface area contributed by atoms with Gasteiger partial charge in [-0.1, -0.05) is 26.0 Å². The lowest BCUT2D eigenvalue weighted by Gasteiger charge is -2.11. The number of pyridine rings is 1. The standard InChI is InChI=1S/C16H17N3O/c1-11(2)15-18-14-7-4-8-17-16(14)19(15)10-12-5-3-6-13(20)9-12/h3-9,11,20H,10H2,1-2H3. The van der Waals surface area contributed by atoms with E-state index < -0.39 is 0 Å². The highest BCUT2D eigenvalue weighted by Crippen LogP contribution is 2.22. The summed E-state index contributed by atoms with van der Waals surface area (Å²) in [5.74, 6) is 1.62. The van der Waals surface area contributed by atoms with Gasteiger partial charge in [-0.25, -0.2) is 9.97 Å². The molecule has 1 aromatic carbocycles. The maximum atomic E-state index is 9.59. The molecule has 4 nitrogen and oxygen atoms in total. The number of phenols is 1. The van der Waals surface area contributed by atoms with Gasteiger partial charge in [-0.2, -0.15) is 0 Å². The van der Waals surface area contributed by atoms with Gasteiger partial charge >= 0.3 is 0 Å². The van der Waals surface area contributed by atoms with Crippen molar-refractivity contribution < 1.29 is 5.11 Å². The lowest BCUT2D eigenvalue weighted by molar-refractivity contribution is 0.474. The molecule has 0 atom stereocenters. The van der Waals surface area contributed by atoms with Crippen LogP contribution >= 0.6 is 0 Å². The molecule has 0 saturated carbocycles. The van der Waals surface area contributed by atoms with Gasteiger partial charge < -0.3 is 9.67 Å². The summed E-state index contributed by atoms with van der Waals surface area (Å²) in [6.07, 6.45) is 1.78. The van der Waals surface area contributed by atoms with Gasteiger partial charge in [-0.3, -0.25) is 0 Å². The smallest absolute Gasteiger partial charge is 0.160 e. The van der Waals surface area contributed by atoms with Gasteiger partial charge in [-0.05, 0) is 29.8 Å². The average molecular weight is 267 g/mol. The van der Waals surface area contributed by atoms with Gasteiger partial charge in [-0.15, -0.1) is 0 Å². The molecule has 0 radical (unpaired) electrons. The fourth-order valence-corrected chi connectivity index (χ4v) is 2.41. The highest BCUT2D eigenvalue weighted by molar-refractivity contribution is 5.71. The summed E-state index contributed by atoms with van der Waals surface area (Å²) in [5, 5.41) is 9.59. The normalized spacial score (nSPS) is 11.3. The summed E-state index contributed by atoms with van der Waals surface area (Å²) in [4.78, 5) is 9.11. The second-order valence-electron chi connectivity index (χ2n) is 5.23. The first-order valence-electron chi connectivity index (χ1n) is 6.74. The maximum absolute atomic E-state index is 9.59. The molecule has 3 aromatic rings. The van der Waals surface area contributed by atoms with Gasteiger partial charge in [0.1, 0.15) is 17.1 Å². The van der Waals surface area contributed by atoms with E-state index in [9.17, 15) is 5.11 Å². The van der Waals surface area contributed by atoms with Crippen molar-refractivity contribution in [2.45, 2.75) is 26.3 Å². The third-order valence-corrected chi connectivity index (χ3v) is 3.30. The number of imidazole rings is 1. The molecule has 0 unspecified atom stereocenters. The van der Waals surface area contributed by atoms with Crippen LogP contribution in [0.25, 0.3) is 11.2 Å².